The summed E-state index contributed by atoms with van der Waals surface area (Å²) in [7, 11) is 2.84. The monoisotopic (exact) mass is 361 g/mol. The first-order valence-electron chi connectivity index (χ1n) is 6.82. The number of rotatable bonds is 7. The summed E-state index contributed by atoms with van der Waals surface area (Å²) in [5.74, 6) is -1.22. The molecule has 1 aromatic heterocycles. The lowest BCUT2D eigenvalue weighted by molar-refractivity contribution is -0.274. The molecule has 0 aliphatic carbocycles. The van der Waals surface area contributed by atoms with E-state index in [2.05, 4.69) is 25.5 Å². The normalized spacial score (nSPS) is 11.6. The number of alkyl halides is 3. The van der Waals surface area contributed by atoms with Crippen molar-refractivity contribution in [3.8, 4) is 11.4 Å². The first kappa shape index (κ1) is 18.6. The zero-order valence-corrected chi connectivity index (χ0v) is 13.1. The molecular weight excluding hydrogens is 347 g/mol. The number of carbonyl (C=O) groups is 1. The van der Waals surface area contributed by atoms with Gasteiger partial charge in [0, 0.05) is 14.2 Å². The van der Waals surface area contributed by atoms with E-state index in [0.717, 1.165) is 16.9 Å². The molecule has 1 N–H and O–H groups in total. The highest BCUT2D eigenvalue weighted by molar-refractivity contribution is 5.90. The second-order valence-electron chi connectivity index (χ2n) is 4.56. The van der Waals surface area contributed by atoms with Crippen LogP contribution in [0, 0.1) is 0 Å². The van der Waals surface area contributed by atoms with Crippen LogP contribution in [0.2, 0.25) is 0 Å². The molecule has 0 unspecified atom stereocenters. The van der Waals surface area contributed by atoms with E-state index in [-0.39, 0.29) is 18.1 Å². The van der Waals surface area contributed by atoms with Gasteiger partial charge in [0.1, 0.15) is 5.75 Å². The highest BCUT2D eigenvalue weighted by Crippen LogP contribution is 2.23. The lowest BCUT2D eigenvalue weighted by atomic mass is 10.3. The van der Waals surface area contributed by atoms with Crippen molar-refractivity contribution in [2.24, 2.45) is 0 Å². The summed E-state index contributed by atoms with van der Waals surface area (Å²) in [4.78, 5) is 12.9. The highest BCUT2D eigenvalue weighted by Gasteiger charge is 2.31. The van der Waals surface area contributed by atoms with E-state index in [4.69, 9.17) is 9.47 Å². The van der Waals surface area contributed by atoms with Gasteiger partial charge in [-0.15, -0.1) is 28.2 Å². The Morgan fingerprint density at radius 1 is 1.24 bits per heavy atom. The Balaban J connectivity index is 2.02. The first-order chi connectivity index (χ1) is 11.8. The van der Waals surface area contributed by atoms with E-state index >= 15 is 0 Å². The summed E-state index contributed by atoms with van der Waals surface area (Å²) >= 11 is 0. The maximum atomic E-state index is 12.1. The standard InChI is InChI=1S/C13H14F3N5O4/c1-23-10(24-2)7-17-12(22)11-18-20-21(19-11)8-3-5-9(6-4-8)25-13(14,15)16/h3-6,10H,7H2,1-2H3,(H,17,22). The molecule has 0 fully saturated rings. The lowest BCUT2D eigenvalue weighted by Gasteiger charge is -2.12. The molecule has 0 atom stereocenters. The predicted molar refractivity (Wildman–Crippen MR) is 76.0 cm³/mol. The summed E-state index contributed by atoms with van der Waals surface area (Å²) in [5.41, 5.74) is 0.299. The van der Waals surface area contributed by atoms with Gasteiger partial charge in [0.2, 0.25) is 0 Å². The third kappa shape index (κ3) is 5.39. The van der Waals surface area contributed by atoms with Crippen LogP contribution in [0.4, 0.5) is 13.2 Å². The van der Waals surface area contributed by atoms with Crippen LogP contribution in [0.1, 0.15) is 10.6 Å². The SMILES string of the molecule is COC(CNC(=O)c1nnn(-c2ccc(OC(F)(F)F)cc2)n1)OC. The number of ether oxygens (including phenoxy) is 3. The average Bonchev–Trinajstić information content (AvgIpc) is 3.05. The summed E-state index contributed by atoms with van der Waals surface area (Å²) < 4.78 is 49.9. The summed E-state index contributed by atoms with van der Waals surface area (Å²) in [5, 5.41) is 13.6. The molecular formula is C13H14F3N5O4. The van der Waals surface area contributed by atoms with Gasteiger partial charge in [-0.2, -0.15) is 0 Å². The van der Waals surface area contributed by atoms with E-state index in [1.807, 2.05) is 0 Å². The fraction of sp³-hybridized carbons (Fsp3) is 0.385. The van der Waals surface area contributed by atoms with Crippen molar-refractivity contribution in [1.82, 2.24) is 25.5 Å². The van der Waals surface area contributed by atoms with E-state index in [9.17, 15) is 18.0 Å². The number of tetrazole rings is 1. The average molecular weight is 361 g/mol. The van der Waals surface area contributed by atoms with Crippen molar-refractivity contribution in [3.63, 3.8) is 0 Å². The van der Waals surface area contributed by atoms with E-state index in [1.54, 1.807) is 0 Å². The Kier molecular flexibility index (Phi) is 5.88. The number of nitrogens with one attached hydrogen (secondary N) is 1. The molecule has 0 aliphatic heterocycles. The van der Waals surface area contributed by atoms with Crippen LogP contribution in [-0.2, 0) is 9.47 Å². The molecule has 0 spiro atoms. The van der Waals surface area contributed by atoms with Crippen LogP contribution in [-0.4, -0.2) is 59.5 Å². The molecule has 2 rings (SSSR count). The Bertz CT molecular complexity index is 700. The Labute approximate surface area is 139 Å². The minimum atomic E-state index is -4.78. The van der Waals surface area contributed by atoms with Gasteiger partial charge in [0.15, 0.2) is 6.29 Å². The van der Waals surface area contributed by atoms with Crippen LogP contribution in [0.15, 0.2) is 24.3 Å². The zero-order chi connectivity index (χ0) is 18.4. The molecule has 1 heterocycles. The summed E-state index contributed by atoms with van der Waals surface area (Å²) in [6, 6.07) is 4.76. The fourth-order valence-corrected chi connectivity index (χ4v) is 1.71. The van der Waals surface area contributed by atoms with Gasteiger partial charge >= 0.3 is 6.36 Å². The number of methoxy groups -OCH3 is 2. The smallest absolute Gasteiger partial charge is 0.406 e. The van der Waals surface area contributed by atoms with E-state index in [0.29, 0.717) is 5.69 Å². The third-order valence-corrected chi connectivity index (χ3v) is 2.87. The number of nitrogens with zero attached hydrogens (tertiary/aromatic N) is 4. The topological polar surface area (TPSA) is 100 Å². The van der Waals surface area contributed by atoms with Gasteiger partial charge in [0.25, 0.3) is 11.7 Å². The van der Waals surface area contributed by atoms with Crippen LogP contribution < -0.4 is 10.1 Å². The number of halogens is 3. The number of benzene rings is 1. The van der Waals surface area contributed by atoms with Crippen molar-refractivity contribution in [2.45, 2.75) is 12.7 Å². The Morgan fingerprint density at radius 2 is 1.88 bits per heavy atom. The maximum Gasteiger partial charge on any atom is 0.573 e. The number of aromatic nitrogens is 4. The first-order valence-corrected chi connectivity index (χ1v) is 6.82. The Morgan fingerprint density at radius 3 is 2.44 bits per heavy atom. The minimum Gasteiger partial charge on any atom is -0.406 e. The number of hydrogen-bond donors (Lipinski definition) is 1. The maximum absolute atomic E-state index is 12.1. The second-order valence-corrected chi connectivity index (χ2v) is 4.56. The Hall–Kier alpha value is -2.73. The number of carbonyl (C=O) groups excluding carboxylic acids is 1. The summed E-state index contributed by atoms with van der Waals surface area (Å²) in [6.07, 6.45) is -5.40. The van der Waals surface area contributed by atoms with Crippen molar-refractivity contribution >= 4 is 5.91 Å². The molecule has 0 saturated carbocycles. The van der Waals surface area contributed by atoms with Crippen LogP contribution >= 0.6 is 0 Å². The van der Waals surface area contributed by atoms with Crippen molar-refractivity contribution in [2.75, 3.05) is 20.8 Å². The highest BCUT2D eigenvalue weighted by atomic mass is 19.4. The van der Waals surface area contributed by atoms with Crippen molar-refractivity contribution in [1.29, 1.82) is 0 Å². The molecule has 9 nitrogen and oxygen atoms in total. The molecule has 0 saturated heterocycles. The molecule has 1 amide bonds. The molecule has 136 valence electrons. The van der Waals surface area contributed by atoms with Gasteiger partial charge < -0.3 is 19.5 Å². The van der Waals surface area contributed by atoms with E-state index < -0.39 is 18.6 Å². The molecule has 0 bridgehead atoms. The fourth-order valence-electron chi connectivity index (χ4n) is 1.71. The largest absolute Gasteiger partial charge is 0.573 e. The van der Waals surface area contributed by atoms with Gasteiger partial charge in [0.05, 0.1) is 12.2 Å². The molecule has 25 heavy (non-hydrogen) atoms. The quantitative estimate of drug-likeness (QED) is 0.732. The summed E-state index contributed by atoms with van der Waals surface area (Å²) in [6.45, 7) is 0.0733. The zero-order valence-electron chi connectivity index (χ0n) is 13.1. The predicted octanol–water partition coefficient (Wildman–Crippen LogP) is 0.910. The molecule has 0 aliphatic rings. The second kappa shape index (κ2) is 7.90. The van der Waals surface area contributed by atoms with Crippen LogP contribution in [0.25, 0.3) is 5.69 Å². The lowest BCUT2D eigenvalue weighted by Crippen LogP contribution is -2.34. The molecule has 0 radical (unpaired) electrons. The van der Waals surface area contributed by atoms with E-state index in [1.165, 1.54) is 26.4 Å². The molecule has 12 heteroatoms. The number of amides is 1. The molecule has 1 aromatic carbocycles. The van der Waals surface area contributed by atoms with Crippen molar-refractivity contribution in [3.05, 3.63) is 30.1 Å². The van der Waals surface area contributed by atoms with Crippen molar-refractivity contribution < 1.29 is 32.2 Å². The number of hydrogen-bond acceptors (Lipinski definition) is 7. The van der Waals surface area contributed by atoms with Crippen LogP contribution in [0.5, 0.6) is 5.75 Å². The van der Waals surface area contributed by atoms with Gasteiger partial charge in [-0.3, -0.25) is 4.79 Å². The van der Waals surface area contributed by atoms with Gasteiger partial charge in [-0.05, 0) is 29.5 Å². The van der Waals surface area contributed by atoms with Crippen LogP contribution in [0.3, 0.4) is 0 Å². The minimum absolute atomic E-state index is 0.0733. The third-order valence-electron chi connectivity index (χ3n) is 2.87. The van der Waals surface area contributed by atoms with Gasteiger partial charge in [-0.25, -0.2) is 0 Å². The molecule has 2 aromatic rings. The van der Waals surface area contributed by atoms with Gasteiger partial charge in [-0.1, -0.05) is 0 Å².